The van der Waals surface area contributed by atoms with Gasteiger partial charge in [0, 0.05) is 26.2 Å². The minimum Gasteiger partial charge on any atom is -0.335 e. The number of carbonyl (C=O) groups excluding carboxylic acids is 1. The number of rotatable bonds is 3. The summed E-state index contributed by atoms with van der Waals surface area (Å²) in [5, 5.41) is 9.03. The van der Waals surface area contributed by atoms with E-state index in [0.29, 0.717) is 11.5 Å². The van der Waals surface area contributed by atoms with Crippen LogP contribution in [0.25, 0.3) is 0 Å². The topological polar surface area (TPSA) is 47.3 Å². The standard InChI is InChI=1S/C13H19N3O/c1-2-15-5-7-16(8-6-15)13(17)12(10-14)9-11-3-4-11/h9,11H,2-8H2,1H3/b12-9+. The van der Waals surface area contributed by atoms with Crippen molar-refractivity contribution in [2.45, 2.75) is 19.8 Å². The summed E-state index contributed by atoms with van der Waals surface area (Å²) in [7, 11) is 0. The lowest BCUT2D eigenvalue weighted by atomic mass is 10.2. The number of nitriles is 1. The molecule has 0 aromatic rings. The van der Waals surface area contributed by atoms with Crippen molar-refractivity contribution >= 4 is 5.91 Å². The Morgan fingerprint density at radius 2 is 2.00 bits per heavy atom. The summed E-state index contributed by atoms with van der Waals surface area (Å²) in [4.78, 5) is 16.2. The van der Waals surface area contributed by atoms with Gasteiger partial charge in [0.05, 0.1) is 0 Å². The molecule has 4 heteroatoms. The number of hydrogen-bond acceptors (Lipinski definition) is 3. The zero-order valence-electron chi connectivity index (χ0n) is 10.4. The zero-order valence-corrected chi connectivity index (χ0v) is 10.4. The monoisotopic (exact) mass is 233 g/mol. The Labute approximate surface area is 102 Å². The van der Waals surface area contributed by atoms with E-state index in [1.165, 1.54) is 0 Å². The summed E-state index contributed by atoms with van der Waals surface area (Å²) in [5.41, 5.74) is 0.345. The molecule has 0 radical (unpaired) electrons. The second kappa shape index (κ2) is 5.33. The molecule has 17 heavy (non-hydrogen) atoms. The van der Waals surface area contributed by atoms with E-state index in [9.17, 15) is 4.79 Å². The SMILES string of the molecule is CCN1CCN(C(=O)/C(C#N)=C/C2CC2)CC1. The number of hydrogen-bond donors (Lipinski definition) is 0. The van der Waals surface area contributed by atoms with Crippen LogP contribution in [-0.2, 0) is 4.79 Å². The molecule has 0 atom stereocenters. The Hall–Kier alpha value is -1.34. The van der Waals surface area contributed by atoms with Gasteiger partial charge < -0.3 is 9.80 Å². The largest absolute Gasteiger partial charge is 0.335 e. The lowest BCUT2D eigenvalue weighted by Gasteiger charge is -2.33. The van der Waals surface area contributed by atoms with Crippen molar-refractivity contribution in [3.63, 3.8) is 0 Å². The second-order valence-corrected chi connectivity index (χ2v) is 4.76. The minimum absolute atomic E-state index is 0.0739. The van der Waals surface area contributed by atoms with Gasteiger partial charge in [-0.3, -0.25) is 4.79 Å². The number of allylic oxidation sites excluding steroid dienone is 1. The van der Waals surface area contributed by atoms with Crippen LogP contribution < -0.4 is 0 Å². The van der Waals surface area contributed by atoms with Gasteiger partial charge in [-0.2, -0.15) is 5.26 Å². The molecule has 2 rings (SSSR count). The van der Waals surface area contributed by atoms with Crippen molar-refractivity contribution in [1.29, 1.82) is 5.26 Å². The average molecular weight is 233 g/mol. The van der Waals surface area contributed by atoms with E-state index in [2.05, 4.69) is 17.9 Å². The molecular weight excluding hydrogens is 214 g/mol. The molecule has 1 heterocycles. The highest BCUT2D eigenvalue weighted by Gasteiger charge is 2.26. The highest BCUT2D eigenvalue weighted by molar-refractivity contribution is 5.97. The third-order valence-corrected chi connectivity index (χ3v) is 3.48. The van der Waals surface area contributed by atoms with Gasteiger partial charge >= 0.3 is 0 Å². The van der Waals surface area contributed by atoms with Crippen LogP contribution in [0.15, 0.2) is 11.6 Å². The second-order valence-electron chi connectivity index (χ2n) is 4.76. The first-order chi connectivity index (χ1) is 8.24. The number of likely N-dealkylation sites (N-methyl/N-ethyl adjacent to an activating group) is 1. The van der Waals surface area contributed by atoms with Crippen LogP contribution in [0.1, 0.15) is 19.8 Å². The van der Waals surface area contributed by atoms with Gasteiger partial charge in [0.2, 0.25) is 0 Å². The molecule has 1 saturated carbocycles. The van der Waals surface area contributed by atoms with Gasteiger partial charge in [0.15, 0.2) is 0 Å². The first-order valence-corrected chi connectivity index (χ1v) is 6.38. The van der Waals surface area contributed by atoms with E-state index >= 15 is 0 Å². The summed E-state index contributed by atoms with van der Waals surface area (Å²) >= 11 is 0. The third kappa shape index (κ3) is 3.07. The maximum Gasteiger partial charge on any atom is 0.264 e. The van der Waals surface area contributed by atoms with Crippen molar-refractivity contribution in [1.82, 2.24) is 9.80 Å². The van der Waals surface area contributed by atoms with E-state index in [1.807, 2.05) is 11.0 Å². The number of nitrogens with zero attached hydrogens (tertiary/aromatic N) is 3. The molecule has 92 valence electrons. The summed E-state index contributed by atoms with van der Waals surface area (Å²) in [6, 6.07) is 2.05. The fourth-order valence-electron chi connectivity index (χ4n) is 2.09. The van der Waals surface area contributed by atoms with Gasteiger partial charge in [-0.25, -0.2) is 0 Å². The highest BCUT2D eigenvalue weighted by atomic mass is 16.2. The van der Waals surface area contributed by atoms with Gasteiger partial charge in [0.1, 0.15) is 11.6 Å². The van der Waals surface area contributed by atoms with Crippen molar-refractivity contribution < 1.29 is 4.79 Å². The number of amides is 1. The van der Waals surface area contributed by atoms with Crippen LogP contribution in [-0.4, -0.2) is 48.4 Å². The fraction of sp³-hybridized carbons (Fsp3) is 0.692. The van der Waals surface area contributed by atoms with Crippen LogP contribution in [0, 0.1) is 17.2 Å². The Kier molecular flexibility index (Phi) is 3.80. The van der Waals surface area contributed by atoms with Crippen molar-refractivity contribution in [2.24, 2.45) is 5.92 Å². The van der Waals surface area contributed by atoms with E-state index in [0.717, 1.165) is 45.6 Å². The zero-order chi connectivity index (χ0) is 12.3. The molecule has 0 bridgehead atoms. The summed E-state index contributed by atoms with van der Waals surface area (Å²) < 4.78 is 0. The Morgan fingerprint density at radius 3 is 2.47 bits per heavy atom. The lowest BCUT2D eigenvalue weighted by Crippen LogP contribution is -2.48. The average Bonchev–Trinajstić information content (AvgIpc) is 3.19. The number of piperazine rings is 1. The van der Waals surface area contributed by atoms with Crippen LogP contribution in [0.3, 0.4) is 0 Å². The predicted molar refractivity (Wildman–Crippen MR) is 65.1 cm³/mol. The Balaban J connectivity index is 1.93. The number of carbonyl (C=O) groups is 1. The summed E-state index contributed by atoms with van der Waals surface area (Å²) in [6.45, 7) is 6.50. The first-order valence-electron chi connectivity index (χ1n) is 6.38. The molecular formula is C13H19N3O. The van der Waals surface area contributed by atoms with Gasteiger partial charge in [-0.15, -0.1) is 0 Å². The molecule has 0 spiro atoms. The molecule has 0 aromatic carbocycles. The van der Waals surface area contributed by atoms with Crippen LogP contribution in [0.4, 0.5) is 0 Å². The first kappa shape index (κ1) is 12.1. The van der Waals surface area contributed by atoms with Gasteiger partial charge in [-0.05, 0) is 25.3 Å². The van der Waals surface area contributed by atoms with E-state index in [-0.39, 0.29) is 5.91 Å². The third-order valence-electron chi connectivity index (χ3n) is 3.48. The van der Waals surface area contributed by atoms with Gasteiger partial charge in [-0.1, -0.05) is 13.0 Å². The van der Waals surface area contributed by atoms with Crippen LogP contribution in [0.5, 0.6) is 0 Å². The molecule has 1 aliphatic carbocycles. The van der Waals surface area contributed by atoms with Gasteiger partial charge in [0.25, 0.3) is 5.91 Å². The Bertz CT molecular complexity index is 357. The molecule has 0 aromatic heterocycles. The van der Waals surface area contributed by atoms with Crippen LogP contribution >= 0.6 is 0 Å². The summed E-state index contributed by atoms with van der Waals surface area (Å²) in [6.07, 6.45) is 4.11. The summed E-state index contributed by atoms with van der Waals surface area (Å²) in [5.74, 6) is 0.403. The Morgan fingerprint density at radius 1 is 1.35 bits per heavy atom. The normalized spacial score (nSPS) is 22.4. The van der Waals surface area contributed by atoms with E-state index in [1.54, 1.807) is 0 Å². The molecule has 2 aliphatic rings. The predicted octanol–water partition coefficient (Wildman–Crippen LogP) is 1.01. The molecule has 1 saturated heterocycles. The van der Waals surface area contributed by atoms with Crippen molar-refractivity contribution in [3.8, 4) is 6.07 Å². The molecule has 0 unspecified atom stereocenters. The maximum atomic E-state index is 12.1. The smallest absolute Gasteiger partial charge is 0.264 e. The van der Waals surface area contributed by atoms with E-state index in [4.69, 9.17) is 5.26 Å². The highest BCUT2D eigenvalue weighted by Crippen LogP contribution is 2.31. The fourth-order valence-corrected chi connectivity index (χ4v) is 2.09. The van der Waals surface area contributed by atoms with Crippen molar-refractivity contribution in [2.75, 3.05) is 32.7 Å². The molecule has 0 N–H and O–H groups in total. The molecule has 1 amide bonds. The molecule has 2 fully saturated rings. The quantitative estimate of drug-likeness (QED) is 0.540. The van der Waals surface area contributed by atoms with Crippen molar-refractivity contribution in [3.05, 3.63) is 11.6 Å². The lowest BCUT2D eigenvalue weighted by molar-refractivity contribution is -0.128. The minimum atomic E-state index is -0.0739. The molecule has 1 aliphatic heterocycles. The van der Waals surface area contributed by atoms with Crippen LogP contribution in [0.2, 0.25) is 0 Å². The van der Waals surface area contributed by atoms with E-state index < -0.39 is 0 Å². The maximum absolute atomic E-state index is 12.1. The molecule has 4 nitrogen and oxygen atoms in total.